The van der Waals surface area contributed by atoms with E-state index in [-0.39, 0.29) is 18.4 Å². The fourth-order valence-electron chi connectivity index (χ4n) is 2.89. The molecule has 0 atom stereocenters. The highest BCUT2D eigenvalue weighted by atomic mass is 19.2. The third kappa shape index (κ3) is 2.13. The van der Waals surface area contributed by atoms with E-state index < -0.39 is 34.6 Å². The van der Waals surface area contributed by atoms with Crippen LogP contribution in [0.4, 0.5) is 13.2 Å². The highest BCUT2D eigenvalue weighted by molar-refractivity contribution is 5.82. The van der Waals surface area contributed by atoms with Crippen LogP contribution >= 0.6 is 0 Å². The molecule has 1 aliphatic rings. The Balaban J connectivity index is 2.68. The van der Waals surface area contributed by atoms with E-state index >= 15 is 0 Å². The summed E-state index contributed by atoms with van der Waals surface area (Å²) in [7, 11) is 1.11. The average molecular weight is 288 g/mol. The first-order valence-corrected chi connectivity index (χ1v) is 6.39. The Kier molecular flexibility index (Phi) is 3.92. The molecule has 0 amide bonds. The predicted octanol–water partition coefficient (Wildman–Crippen LogP) is 3.40. The van der Waals surface area contributed by atoms with Crippen LogP contribution in [0.25, 0.3) is 0 Å². The largest absolute Gasteiger partial charge is 0.493 e. The Morgan fingerprint density at radius 2 is 1.80 bits per heavy atom. The first-order valence-electron chi connectivity index (χ1n) is 6.39. The van der Waals surface area contributed by atoms with Crippen LogP contribution in [0, 0.1) is 17.5 Å². The average Bonchev–Trinajstić information content (AvgIpc) is 2.45. The van der Waals surface area contributed by atoms with Crippen molar-refractivity contribution in [1.29, 1.82) is 0 Å². The second kappa shape index (κ2) is 5.34. The number of carbonyl (C=O) groups is 1. The molecule has 0 unspecified atom stereocenters. The molecule has 1 aliphatic carbocycles. The molecule has 1 N–H and O–H groups in total. The molecule has 1 saturated carbocycles. The molecule has 20 heavy (non-hydrogen) atoms. The normalized spacial score (nSPS) is 17.8. The van der Waals surface area contributed by atoms with Gasteiger partial charge in [-0.1, -0.05) is 19.3 Å². The van der Waals surface area contributed by atoms with Crippen LogP contribution in [0.5, 0.6) is 5.75 Å². The molecule has 0 aromatic heterocycles. The molecule has 6 heteroatoms. The van der Waals surface area contributed by atoms with Crippen molar-refractivity contribution < 1.29 is 27.8 Å². The quantitative estimate of drug-likeness (QED) is 0.867. The fourth-order valence-corrected chi connectivity index (χ4v) is 2.89. The van der Waals surface area contributed by atoms with Crippen LogP contribution in [0.2, 0.25) is 0 Å². The van der Waals surface area contributed by atoms with E-state index in [1.807, 2.05) is 0 Å². The monoisotopic (exact) mass is 288 g/mol. The number of carboxylic acids is 1. The number of halogens is 3. The lowest BCUT2D eigenvalue weighted by Gasteiger charge is -2.34. The van der Waals surface area contributed by atoms with Gasteiger partial charge in [-0.15, -0.1) is 0 Å². The lowest BCUT2D eigenvalue weighted by atomic mass is 9.69. The molecule has 110 valence electrons. The molecule has 0 bridgehead atoms. The van der Waals surface area contributed by atoms with Crippen molar-refractivity contribution in [3.63, 3.8) is 0 Å². The second-order valence-electron chi connectivity index (χ2n) is 5.02. The summed E-state index contributed by atoms with van der Waals surface area (Å²) < 4.78 is 45.3. The highest BCUT2D eigenvalue weighted by Gasteiger charge is 2.45. The minimum atomic E-state index is -1.65. The fraction of sp³-hybridized carbons (Fsp3) is 0.500. The van der Waals surface area contributed by atoms with E-state index in [9.17, 15) is 23.1 Å². The summed E-state index contributed by atoms with van der Waals surface area (Å²) in [4.78, 5) is 11.7. The van der Waals surface area contributed by atoms with Gasteiger partial charge in [0.25, 0.3) is 0 Å². The highest BCUT2D eigenvalue weighted by Crippen LogP contribution is 2.45. The number of hydrogen-bond donors (Lipinski definition) is 1. The summed E-state index contributed by atoms with van der Waals surface area (Å²) in [5.74, 6) is -6.21. The molecule has 0 saturated heterocycles. The van der Waals surface area contributed by atoms with Gasteiger partial charge in [-0.05, 0) is 18.9 Å². The minimum Gasteiger partial charge on any atom is -0.493 e. The number of ether oxygens (including phenoxy) is 1. The van der Waals surface area contributed by atoms with Gasteiger partial charge < -0.3 is 9.84 Å². The van der Waals surface area contributed by atoms with E-state index in [4.69, 9.17) is 4.74 Å². The van der Waals surface area contributed by atoms with Gasteiger partial charge in [0.1, 0.15) is 0 Å². The van der Waals surface area contributed by atoms with E-state index in [1.165, 1.54) is 0 Å². The van der Waals surface area contributed by atoms with Gasteiger partial charge >= 0.3 is 5.97 Å². The Labute approximate surface area is 114 Å². The molecule has 0 spiro atoms. The van der Waals surface area contributed by atoms with Crippen molar-refractivity contribution in [2.24, 2.45) is 0 Å². The minimum absolute atomic E-state index is 0.122. The molecule has 0 aliphatic heterocycles. The van der Waals surface area contributed by atoms with Gasteiger partial charge in [0, 0.05) is 5.56 Å². The first kappa shape index (κ1) is 14.7. The molecule has 3 nitrogen and oxygen atoms in total. The maximum Gasteiger partial charge on any atom is 0.314 e. The lowest BCUT2D eigenvalue weighted by Crippen LogP contribution is -2.38. The van der Waals surface area contributed by atoms with Crippen LogP contribution in [0.3, 0.4) is 0 Å². The molecule has 2 rings (SSSR count). The van der Waals surface area contributed by atoms with Gasteiger partial charge in [0.15, 0.2) is 17.4 Å². The zero-order valence-corrected chi connectivity index (χ0v) is 11.0. The maximum absolute atomic E-state index is 13.8. The van der Waals surface area contributed by atoms with Crippen LogP contribution in [0.1, 0.15) is 37.7 Å². The topological polar surface area (TPSA) is 46.5 Å². The molecule has 1 fully saturated rings. The lowest BCUT2D eigenvalue weighted by molar-refractivity contribution is -0.145. The van der Waals surface area contributed by atoms with E-state index in [2.05, 4.69) is 0 Å². The Hall–Kier alpha value is -1.72. The van der Waals surface area contributed by atoms with Crippen molar-refractivity contribution >= 4 is 5.97 Å². The molecule has 1 aromatic carbocycles. The summed E-state index contributed by atoms with van der Waals surface area (Å²) in [5.41, 5.74) is -1.54. The number of hydrogen-bond acceptors (Lipinski definition) is 2. The van der Waals surface area contributed by atoms with E-state index in [1.54, 1.807) is 0 Å². The smallest absolute Gasteiger partial charge is 0.314 e. The number of benzene rings is 1. The summed E-state index contributed by atoms with van der Waals surface area (Å²) in [5, 5.41) is 9.52. The summed E-state index contributed by atoms with van der Waals surface area (Å²) in [6.07, 6.45) is 2.64. The number of rotatable bonds is 3. The second-order valence-corrected chi connectivity index (χ2v) is 5.02. The van der Waals surface area contributed by atoms with Gasteiger partial charge in [-0.3, -0.25) is 4.79 Å². The third-order valence-electron chi connectivity index (χ3n) is 3.95. The van der Waals surface area contributed by atoms with Gasteiger partial charge in [-0.25, -0.2) is 8.78 Å². The number of methoxy groups -OCH3 is 1. The standard InChI is InChI=1S/C14H15F3O3/c1-20-12-8(7-9(15)10(16)11(12)17)14(13(18)19)5-3-2-4-6-14/h7H,2-6H2,1H3,(H,18,19). The summed E-state index contributed by atoms with van der Waals surface area (Å²) in [6, 6.07) is 0.747. The van der Waals surface area contributed by atoms with Crippen molar-refractivity contribution in [3.05, 3.63) is 29.1 Å². The van der Waals surface area contributed by atoms with Crippen molar-refractivity contribution in [3.8, 4) is 5.75 Å². The first-order chi connectivity index (χ1) is 9.44. The van der Waals surface area contributed by atoms with Gasteiger partial charge in [0.2, 0.25) is 5.82 Å². The van der Waals surface area contributed by atoms with Crippen molar-refractivity contribution in [2.45, 2.75) is 37.5 Å². The zero-order valence-electron chi connectivity index (χ0n) is 11.0. The zero-order chi connectivity index (χ0) is 14.9. The van der Waals surface area contributed by atoms with Crippen LogP contribution in [0.15, 0.2) is 6.07 Å². The molecular weight excluding hydrogens is 273 g/mol. The Morgan fingerprint density at radius 3 is 2.30 bits per heavy atom. The third-order valence-corrected chi connectivity index (χ3v) is 3.95. The molecule has 0 radical (unpaired) electrons. The van der Waals surface area contributed by atoms with Crippen LogP contribution < -0.4 is 4.74 Å². The molecule has 1 aromatic rings. The van der Waals surface area contributed by atoms with E-state index in [0.717, 1.165) is 19.6 Å². The number of aliphatic carboxylic acids is 1. The van der Waals surface area contributed by atoms with E-state index in [0.29, 0.717) is 12.8 Å². The summed E-state index contributed by atoms with van der Waals surface area (Å²) >= 11 is 0. The Morgan fingerprint density at radius 1 is 1.20 bits per heavy atom. The maximum atomic E-state index is 13.8. The molecular formula is C14H15F3O3. The van der Waals surface area contributed by atoms with Crippen molar-refractivity contribution in [1.82, 2.24) is 0 Å². The van der Waals surface area contributed by atoms with Gasteiger partial charge in [-0.2, -0.15) is 4.39 Å². The summed E-state index contributed by atoms with van der Waals surface area (Å²) in [6.45, 7) is 0. The predicted molar refractivity (Wildman–Crippen MR) is 65.3 cm³/mol. The van der Waals surface area contributed by atoms with Crippen LogP contribution in [-0.4, -0.2) is 18.2 Å². The van der Waals surface area contributed by atoms with Gasteiger partial charge in [0.05, 0.1) is 12.5 Å². The molecule has 0 heterocycles. The van der Waals surface area contributed by atoms with Crippen molar-refractivity contribution in [2.75, 3.05) is 7.11 Å². The Bertz CT molecular complexity index is 537. The number of carboxylic acid groups (broad SMARTS) is 1. The SMILES string of the molecule is COc1c(C2(C(=O)O)CCCCC2)cc(F)c(F)c1F. The van der Waals surface area contributed by atoms with Crippen LogP contribution in [-0.2, 0) is 10.2 Å².